The molecule has 0 saturated carbocycles. The molecule has 10 nitrogen and oxygen atoms in total. The standard InChI is InChI=1S/C21H29N7O3/c22-16(11-14-12-23-13-24-14)19(30)27-5-3-21(4-6-27)2-1-15-17(21)25-20(26-18(15)29)28-7-9-31-10-8-28/h12-13,16H,1-11,22H2,(H,23,24)(H,25,26,29)/t16-/m0/s1. The number of carbonyl (C=O) groups excluding carboxylic acids is 1. The summed E-state index contributed by atoms with van der Waals surface area (Å²) in [6, 6.07) is -0.584. The van der Waals surface area contributed by atoms with Crippen molar-refractivity contribution in [3.63, 3.8) is 0 Å². The van der Waals surface area contributed by atoms with Gasteiger partial charge in [0.1, 0.15) is 0 Å². The van der Waals surface area contributed by atoms with Crippen LogP contribution in [0.25, 0.3) is 0 Å². The zero-order chi connectivity index (χ0) is 21.4. The molecule has 4 N–H and O–H groups in total. The van der Waals surface area contributed by atoms with Crippen molar-refractivity contribution in [3.05, 3.63) is 39.8 Å². The zero-order valence-electron chi connectivity index (χ0n) is 17.6. The number of nitrogens with zero attached hydrogens (tertiary/aromatic N) is 4. The van der Waals surface area contributed by atoms with E-state index in [-0.39, 0.29) is 16.9 Å². The van der Waals surface area contributed by atoms with Crippen LogP contribution in [-0.2, 0) is 27.8 Å². The molecule has 2 aromatic rings. The van der Waals surface area contributed by atoms with Crippen LogP contribution < -0.4 is 16.2 Å². The number of nitrogens with one attached hydrogen (secondary N) is 2. The van der Waals surface area contributed by atoms with E-state index in [0.717, 1.165) is 55.7 Å². The molecule has 0 bridgehead atoms. The first-order valence-electron chi connectivity index (χ1n) is 11.0. The number of hydrogen-bond donors (Lipinski definition) is 3. The number of morpholine rings is 1. The van der Waals surface area contributed by atoms with E-state index in [0.29, 0.717) is 38.7 Å². The highest BCUT2D eigenvalue weighted by Gasteiger charge is 2.45. The Labute approximate surface area is 180 Å². The third-order valence-corrected chi connectivity index (χ3v) is 7.01. The van der Waals surface area contributed by atoms with E-state index in [9.17, 15) is 9.59 Å². The normalized spacial score (nSPS) is 21.3. The molecule has 0 radical (unpaired) electrons. The smallest absolute Gasteiger partial charge is 0.255 e. The van der Waals surface area contributed by atoms with Gasteiger partial charge in [0.15, 0.2) is 0 Å². The molecule has 0 aromatic carbocycles. The SMILES string of the molecule is N[C@@H](Cc1cnc[nH]1)C(=O)N1CCC2(CCc3c2nc(N2CCOCC2)[nH]c3=O)CC1. The zero-order valence-corrected chi connectivity index (χ0v) is 17.6. The number of imidazole rings is 1. The molecule has 2 saturated heterocycles. The van der Waals surface area contributed by atoms with Crippen LogP contribution in [0.4, 0.5) is 5.95 Å². The quantitative estimate of drug-likeness (QED) is 0.610. The number of hydrogen-bond acceptors (Lipinski definition) is 7. The summed E-state index contributed by atoms with van der Waals surface area (Å²) >= 11 is 0. The Balaban J connectivity index is 1.30. The van der Waals surface area contributed by atoms with E-state index in [1.807, 2.05) is 4.90 Å². The average molecular weight is 428 g/mol. The first-order chi connectivity index (χ1) is 15.1. The lowest BCUT2D eigenvalue weighted by Crippen LogP contribution is -2.51. The predicted molar refractivity (Wildman–Crippen MR) is 114 cm³/mol. The second-order valence-electron chi connectivity index (χ2n) is 8.81. The number of aromatic nitrogens is 4. The molecule has 1 amide bonds. The van der Waals surface area contributed by atoms with E-state index in [4.69, 9.17) is 15.5 Å². The molecule has 166 valence electrons. The van der Waals surface area contributed by atoms with E-state index in [1.165, 1.54) is 0 Å². The predicted octanol–water partition coefficient (Wildman–Crippen LogP) is -0.294. The van der Waals surface area contributed by atoms with Gasteiger partial charge in [0.05, 0.1) is 31.3 Å². The van der Waals surface area contributed by atoms with Gasteiger partial charge in [-0.1, -0.05) is 0 Å². The van der Waals surface area contributed by atoms with E-state index in [2.05, 4.69) is 19.9 Å². The minimum absolute atomic E-state index is 0.0246. The molecule has 5 rings (SSSR count). The van der Waals surface area contributed by atoms with Gasteiger partial charge in [0, 0.05) is 55.5 Å². The molecule has 3 aliphatic rings. The molecule has 2 aromatic heterocycles. The summed E-state index contributed by atoms with van der Waals surface area (Å²) in [5, 5.41) is 0. The first kappa shape index (κ1) is 20.2. The highest BCUT2D eigenvalue weighted by atomic mass is 16.5. The maximum Gasteiger partial charge on any atom is 0.255 e. The second-order valence-corrected chi connectivity index (χ2v) is 8.81. The molecule has 4 heterocycles. The van der Waals surface area contributed by atoms with Crippen LogP contribution in [-0.4, -0.2) is 76.2 Å². The molecule has 1 atom stereocenters. The van der Waals surface area contributed by atoms with Crippen molar-refractivity contribution in [2.24, 2.45) is 5.73 Å². The van der Waals surface area contributed by atoms with Crippen molar-refractivity contribution in [1.29, 1.82) is 0 Å². The largest absolute Gasteiger partial charge is 0.378 e. The van der Waals surface area contributed by atoms with Crippen molar-refractivity contribution in [2.75, 3.05) is 44.3 Å². The van der Waals surface area contributed by atoms with Crippen molar-refractivity contribution < 1.29 is 9.53 Å². The molecule has 2 aliphatic heterocycles. The number of carbonyl (C=O) groups is 1. The molecule has 1 aliphatic carbocycles. The fraction of sp³-hybridized carbons (Fsp3) is 0.619. The maximum absolute atomic E-state index is 12.9. The minimum Gasteiger partial charge on any atom is -0.378 e. The van der Waals surface area contributed by atoms with Gasteiger partial charge in [-0.3, -0.25) is 14.6 Å². The number of piperidine rings is 1. The van der Waals surface area contributed by atoms with Gasteiger partial charge >= 0.3 is 0 Å². The number of fused-ring (bicyclic) bond motifs is 2. The summed E-state index contributed by atoms with van der Waals surface area (Å²) in [5.41, 5.74) is 8.62. The lowest BCUT2D eigenvalue weighted by Gasteiger charge is -2.40. The fourth-order valence-corrected chi connectivity index (χ4v) is 5.16. The van der Waals surface area contributed by atoms with Crippen LogP contribution in [0.15, 0.2) is 17.3 Å². The number of amides is 1. The molecule has 10 heteroatoms. The lowest BCUT2D eigenvalue weighted by molar-refractivity contribution is -0.134. The van der Waals surface area contributed by atoms with Crippen LogP contribution in [0, 0.1) is 0 Å². The molecule has 31 heavy (non-hydrogen) atoms. The van der Waals surface area contributed by atoms with Gasteiger partial charge in [0.25, 0.3) is 5.56 Å². The third-order valence-electron chi connectivity index (χ3n) is 7.01. The number of nitrogens with two attached hydrogens (primary N) is 1. The van der Waals surface area contributed by atoms with Crippen LogP contribution >= 0.6 is 0 Å². The number of H-pyrrole nitrogens is 2. The van der Waals surface area contributed by atoms with E-state index in [1.54, 1.807) is 12.5 Å². The van der Waals surface area contributed by atoms with Crippen molar-refractivity contribution in [2.45, 2.75) is 43.6 Å². The van der Waals surface area contributed by atoms with Gasteiger partial charge in [-0.2, -0.15) is 0 Å². The van der Waals surface area contributed by atoms with E-state index < -0.39 is 6.04 Å². The van der Waals surface area contributed by atoms with Crippen molar-refractivity contribution >= 4 is 11.9 Å². The first-order valence-corrected chi connectivity index (χ1v) is 11.0. The Hall–Kier alpha value is -2.72. The number of ether oxygens (including phenoxy) is 1. The number of rotatable bonds is 4. The van der Waals surface area contributed by atoms with Crippen molar-refractivity contribution in [3.8, 4) is 0 Å². The van der Waals surface area contributed by atoms with E-state index >= 15 is 0 Å². The summed E-state index contributed by atoms with van der Waals surface area (Å²) in [4.78, 5) is 44.5. The van der Waals surface area contributed by atoms with Crippen LogP contribution in [0.2, 0.25) is 0 Å². The number of anilines is 1. The molecule has 2 fully saturated rings. The van der Waals surface area contributed by atoms with Crippen molar-refractivity contribution in [1.82, 2.24) is 24.8 Å². The van der Waals surface area contributed by atoms with Gasteiger partial charge in [-0.05, 0) is 25.7 Å². The highest BCUT2D eigenvalue weighted by Crippen LogP contribution is 2.44. The topological polar surface area (TPSA) is 133 Å². The summed E-state index contributed by atoms with van der Waals surface area (Å²) < 4.78 is 5.43. The monoisotopic (exact) mass is 427 g/mol. The van der Waals surface area contributed by atoms with Gasteiger partial charge < -0.3 is 25.3 Å². The highest BCUT2D eigenvalue weighted by molar-refractivity contribution is 5.82. The summed E-state index contributed by atoms with van der Waals surface area (Å²) in [7, 11) is 0. The average Bonchev–Trinajstić information content (AvgIpc) is 3.43. The van der Waals surface area contributed by atoms with Crippen LogP contribution in [0.3, 0.4) is 0 Å². The fourth-order valence-electron chi connectivity index (χ4n) is 5.16. The second kappa shape index (κ2) is 8.08. The Bertz CT molecular complexity index is 989. The lowest BCUT2D eigenvalue weighted by atomic mass is 9.76. The van der Waals surface area contributed by atoms with Gasteiger partial charge in [0.2, 0.25) is 11.9 Å². The number of likely N-dealkylation sites (tertiary alicyclic amines) is 1. The molecular weight excluding hydrogens is 398 g/mol. The Morgan fingerprint density at radius 2 is 2.00 bits per heavy atom. The molecule has 0 unspecified atom stereocenters. The Kier molecular flexibility index (Phi) is 5.27. The third kappa shape index (κ3) is 3.74. The van der Waals surface area contributed by atoms with Crippen LogP contribution in [0.1, 0.15) is 36.2 Å². The Morgan fingerprint density at radius 3 is 2.71 bits per heavy atom. The number of aromatic amines is 2. The van der Waals surface area contributed by atoms with Gasteiger partial charge in [-0.15, -0.1) is 0 Å². The maximum atomic E-state index is 12.9. The van der Waals surface area contributed by atoms with Gasteiger partial charge in [-0.25, -0.2) is 9.97 Å². The summed E-state index contributed by atoms with van der Waals surface area (Å²) in [5.74, 6) is 0.615. The molecular formula is C21H29N7O3. The summed E-state index contributed by atoms with van der Waals surface area (Å²) in [6.45, 7) is 4.01. The molecule has 1 spiro atoms. The van der Waals surface area contributed by atoms with Crippen LogP contribution in [0.5, 0.6) is 0 Å². The Morgan fingerprint density at radius 1 is 1.23 bits per heavy atom. The minimum atomic E-state index is -0.584. The summed E-state index contributed by atoms with van der Waals surface area (Å²) in [6.07, 6.45) is 7.01.